The molecule has 0 spiro atoms. The van der Waals surface area contributed by atoms with E-state index in [4.69, 9.17) is 16.0 Å². The van der Waals surface area contributed by atoms with Gasteiger partial charge in [0.15, 0.2) is 5.76 Å². The summed E-state index contributed by atoms with van der Waals surface area (Å²) in [5.74, 6) is -0.139. The first kappa shape index (κ1) is 17.4. The first-order valence-corrected chi connectivity index (χ1v) is 7.81. The lowest BCUT2D eigenvalue weighted by atomic mass is 10.2. The predicted octanol–water partition coefficient (Wildman–Crippen LogP) is 3.30. The highest BCUT2D eigenvalue weighted by Crippen LogP contribution is 2.27. The van der Waals surface area contributed by atoms with Gasteiger partial charge in [0, 0.05) is 24.0 Å². The summed E-state index contributed by atoms with van der Waals surface area (Å²) in [6.45, 7) is 0.180. The second-order valence-electron chi connectivity index (χ2n) is 5.31. The summed E-state index contributed by atoms with van der Waals surface area (Å²) in [6, 6.07) is 11.7. The van der Waals surface area contributed by atoms with Gasteiger partial charge in [-0.05, 0) is 30.3 Å². The van der Waals surface area contributed by atoms with E-state index in [-0.39, 0.29) is 34.3 Å². The zero-order chi connectivity index (χ0) is 18.7. The van der Waals surface area contributed by atoms with Gasteiger partial charge in [-0.15, -0.1) is 0 Å². The molecule has 0 saturated carbocycles. The van der Waals surface area contributed by atoms with Crippen molar-refractivity contribution in [2.24, 2.45) is 0 Å². The van der Waals surface area contributed by atoms with Crippen molar-refractivity contribution >= 4 is 28.9 Å². The van der Waals surface area contributed by atoms with Gasteiger partial charge >= 0.3 is 0 Å². The van der Waals surface area contributed by atoms with Crippen LogP contribution in [0.3, 0.4) is 0 Å². The van der Waals surface area contributed by atoms with Crippen molar-refractivity contribution in [1.82, 2.24) is 4.57 Å². The molecule has 2 heterocycles. The number of amides is 1. The molecule has 0 atom stereocenters. The molecule has 9 heteroatoms. The van der Waals surface area contributed by atoms with Gasteiger partial charge in [0.05, 0.1) is 11.5 Å². The first-order valence-electron chi connectivity index (χ1n) is 7.43. The summed E-state index contributed by atoms with van der Waals surface area (Å²) in [6.07, 6.45) is 1.61. The van der Waals surface area contributed by atoms with Gasteiger partial charge in [0.25, 0.3) is 17.2 Å². The Hall–Kier alpha value is -3.39. The molecule has 0 aliphatic rings. The van der Waals surface area contributed by atoms with Gasteiger partial charge in [-0.25, -0.2) is 0 Å². The van der Waals surface area contributed by atoms with Crippen LogP contribution in [0.25, 0.3) is 0 Å². The molecule has 0 radical (unpaired) electrons. The van der Waals surface area contributed by atoms with Crippen LogP contribution in [0.1, 0.15) is 16.3 Å². The minimum Gasteiger partial charge on any atom is -0.454 e. The molecule has 26 heavy (non-hydrogen) atoms. The van der Waals surface area contributed by atoms with Crippen LogP contribution < -0.4 is 10.9 Å². The predicted molar refractivity (Wildman–Crippen MR) is 94.6 cm³/mol. The highest BCUT2D eigenvalue weighted by molar-refractivity contribution is 6.32. The third-order valence-corrected chi connectivity index (χ3v) is 3.83. The zero-order valence-electron chi connectivity index (χ0n) is 13.2. The topological polar surface area (TPSA) is 107 Å². The van der Waals surface area contributed by atoms with E-state index in [0.717, 1.165) is 6.07 Å². The molecule has 1 amide bonds. The maximum Gasteiger partial charge on any atom is 0.291 e. The van der Waals surface area contributed by atoms with Crippen LogP contribution in [0.2, 0.25) is 5.02 Å². The van der Waals surface area contributed by atoms with Gasteiger partial charge in [-0.3, -0.25) is 19.7 Å². The molecule has 2 aromatic heterocycles. The SMILES string of the molecule is O=C(Nc1ccc(Cl)c([N+](=O)[O-])c1)c1ccc(Cn2ccccc2=O)o1. The lowest BCUT2D eigenvalue weighted by molar-refractivity contribution is -0.384. The Labute approximate surface area is 151 Å². The number of carbonyl (C=O) groups is 1. The van der Waals surface area contributed by atoms with E-state index in [1.807, 2.05) is 0 Å². The number of rotatable bonds is 5. The summed E-state index contributed by atoms with van der Waals surface area (Å²) in [4.78, 5) is 34.2. The molecule has 1 N–H and O–H groups in total. The number of hydrogen-bond acceptors (Lipinski definition) is 5. The van der Waals surface area contributed by atoms with E-state index >= 15 is 0 Å². The van der Waals surface area contributed by atoms with E-state index in [9.17, 15) is 19.7 Å². The smallest absolute Gasteiger partial charge is 0.291 e. The lowest BCUT2D eigenvalue weighted by Gasteiger charge is -2.04. The van der Waals surface area contributed by atoms with Crippen LogP contribution >= 0.6 is 11.6 Å². The second-order valence-corrected chi connectivity index (χ2v) is 5.72. The van der Waals surface area contributed by atoms with Crippen molar-refractivity contribution in [3.05, 3.63) is 91.7 Å². The minimum atomic E-state index is -0.638. The number of anilines is 1. The number of nitrogens with one attached hydrogen (secondary N) is 1. The second kappa shape index (κ2) is 7.24. The van der Waals surface area contributed by atoms with Gasteiger partial charge in [-0.2, -0.15) is 0 Å². The molecule has 0 bridgehead atoms. The Morgan fingerprint density at radius 3 is 2.77 bits per heavy atom. The standard InChI is InChI=1S/C17H12ClN3O5/c18-13-6-4-11(9-14(13)21(24)25)19-17(23)15-7-5-12(26-15)10-20-8-2-1-3-16(20)22/h1-9H,10H2,(H,19,23). The van der Waals surface area contributed by atoms with Crippen molar-refractivity contribution in [3.8, 4) is 0 Å². The fourth-order valence-corrected chi connectivity index (χ4v) is 2.45. The summed E-state index contributed by atoms with van der Waals surface area (Å²) in [5.41, 5.74) is -0.292. The largest absolute Gasteiger partial charge is 0.454 e. The van der Waals surface area contributed by atoms with Gasteiger partial charge in [0.1, 0.15) is 10.8 Å². The molecule has 1 aromatic carbocycles. The van der Waals surface area contributed by atoms with Crippen LogP contribution in [0, 0.1) is 10.1 Å². The highest BCUT2D eigenvalue weighted by atomic mass is 35.5. The third kappa shape index (κ3) is 3.81. The number of aromatic nitrogens is 1. The first-order chi connectivity index (χ1) is 12.4. The Morgan fingerprint density at radius 1 is 1.23 bits per heavy atom. The van der Waals surface area contributed by atoms with E-state index < -0.39 is 10.8 Å². The van der Waals surface area contributed by atoms with Crippen molar-refractivity contribution in [2.45, 2.75) is 6.54 Å². The van der Waals surface area contributed by atoms with Gasteiger partial charge in [0.2, 0.25) is 0 Å². The van der Waals surface area contributed by atoms with E-state index in [1.165, 1.54) is 28.8 Å². The molecular weight excluding hydrogens is 362 g/mol. The average Bonchev–Trinajstić information content (AvgIpc) is 3.07. The summed E-state index contributed by atoms with van der Waals surface area (Å²) < 4.78 is 6.88. The van der Waals surface area contributed by atoms with Crippen LogP contribution in [0.5, 0.6) is 0 Å². The average molecular weight is 374 g/mol. The zero-order valence-corrected chi connectivity index (χ0v) is 14.0. The van der Waals surface area contributed by atoms with Crippen LogP contribution in [-0.2, 0) is 6.54 Å². The molecule has 3 aromatic rings. The third-order valence-electron chi connectivity index (χ3n) is 3.51. The number of hydrogen-bond donors (Lipinski definition) is 1. The van der Waals surface area contributed by atoms with Crippen molar-refractivity contribution in [2.75, 3.05) is 5.32 Å². The fourth-order valence-electron chi connectivity index (χ4n) is 2.27. The lowest BCUT2D eigenvalue weighted by Crippen LogP contribution is -2.18. The van der Waals surface area contributed by atoms with Crippen LogP contribution in [0.15, 0.2) is 63.9 Å². The van der Waals surface area contributed by atoms with E-state index in [1.54, 1.807) is 24.4 Å². The molecule has 0 fully saturated rings. The van der Waals surface area contributed by atoms with Gasteiger partial charge in [-0.1, -0.05) is 17.7 Å². The Bertz CT molecular complexity index is 1040. The number of furan rings is 1. The van der Waals surface area contributed by atoms with Crippen molar-refractivity contribution in [1.29, 1.82) is 0 Å². The quantitative estimate of drug-likeness (QED) is 0.545. The highest BCUT2D eigenvalue weighted by Gasteiger charge is 2.16. The molecule has 0 unspecified atom stereocenters. The Kier molecular flexibility index (Phi) is 4.85. The molecule has 0 aliphatic heterocycles. The van der Waals surface area contributed by atoms with E-state index in [0.29, 0.717) is 5.76 Å². The van der Waals surface area contributed by atoms with Gasteiger partial charge < -0.3 is 14.3 Å². The number of nitro groups is 1. The molecule has 0 saturated heterocycles. The maximum atomic E-state index is 12.2. The number of nitrogens with zero attached hydrogens (tertiary/aromatic N) is 2. The number of nitro benzene ring substituents is 1. The van der Waals surface area contributed by atoms with Crippen LogP contribution in [0.4, 0.5) is 11.4 Å². The Morgan fingerprint density at radius 2 is 2.04 bits per heavy atom. The van der Waals surface area contributed by atoms with Crippen molar-refractivity contribution in [3.63, 3.8) is 0 Å². The van der Waals surface area contributed by atoms with Crippen molar-refractivity contribution < 1.29 is 14.1 Å². The number of halogens is 1. The number of carbonyl (C=O) groups excluding carboxylic acids is 1. The minimum absolute atomic E-state index is 0.0154. The Balaban J connectivity index is 1.74. The normalized spacial score (nSPS) is 10.5. The molecular formula is C17H12ClN3O5. The summed E-state index contributed by atoms with van der Waals surface area (Å²) >= 11 is 5.74. The number of benzene rings is 1. The van der Waals surface area contributed by atoms with Crippen LogP contribution in [-0.4, -0.2) is 15.4 Å². The molecule has 132 valence electrons. The molecule has 3 rings (SSSR count). The monoisotopic (exact) mass is 373 g/mol. The number of pyridine rings is 1. The fraction of sp³-hybridized carbons (Fsp3) is 0.0588. The summed E-state index contributed by atoms with van der Waals surface area (Å²) in [5, 5.41) is 13.4. The molecule has 0 aliphatic carbocycles. The molecule has 8 nitrogen and oxygen atoms in total. The summed E-state index contributed by atoms with van der Waals surface area (Å²) in [7, 11) is 0. The van der Waals surface area contributed by atoms with E-state index in [2.05, 4.69) is 5.32 Å². The maximum absolute atomic E-state index is 12.2.